The second-order valence-electron chi connectivity index (χ2n) is 4.18. The van der Waals surface area contributed by atoms with E-state index in [2.05, 4.69) is 0 Å². The smallest absolute Gasteiger partial charge is 0.243 e. The van der Waals surface area contributed by atoms with Crippen LogP contribution >= 0.6 is 0 Å². The highest BCUT2D eigenvalue weighted by molar-refractivity contribution is 5.82. The molecule has 0 fully saturated rings. The van der Waals surface area contributed by atoms with Crippen molar-refractivity contribution in [2.75, 3.05) is 20.7 Å². The van der Waals surface area contributed by atoms with Gasteiger partial charge < -0.3 is 15.4 Å². The summed E-state index contributed by atoms with van der Waals surface area (Å²) in [6.07, 6.45) is 0.895. The predicted molar refractivity (Wildman–Crippen MR) is 61.3 cm³/mol. The van der Waals surface area contributed by atoms with E-state index in [1.165, 1.54) is 4.90 Å². The molecule has 4 heteroatoms. The van der Waals surface area contributed by atoms with E-state index in [9.17, 15) is 4.79 Å². The zero-order valence-electron chi connectivity index (χ0n) is 9.56. The highest BCUT2D eigenvalue weighted by Crippen LogP contribution is 2.27. The zero-order chi connectivity index (χ0) is 11.7. The third-order valence-electron chi connectivity index (χ3n) is 2.78. The molecule has 0 saturated carbocycles. The first-order valence-electron chi connectivity index (χ1n) is 5.32. The Morgan fingerprint density at radius 1 is 1.50 bits per heavy atom. The number of likely N-dealkylation sites (N-methyl/N-ethyl adjacent to an activating group) is 1. The SMILES string of the molecule is CN(C)C(=O)C(N)c1ccc2c(c1)CCO2. The summed E-state index contributed by atoms with van der Waals surface area (Å²) in [6, 6.07) is 5.13. The van der Waals surface area contributed by atoms with Crippen LogP contribution in [0.1, 0.15) is 17.2 Å². The van der Waals surface area contributed by atoms with Gasteiger partial charge in [0.1, 0.15) is 11.8 Å². The summed E-state index contributed by atoms with van der Waals surface area (Å²) >= 11 is 0. The van der Waals surface area contributed by atoms with Crippen molar-refractivity contribution in [1.29, 1.82) is 0 Å². The fourth-order valence-electron chi connectivity index (χ4n) is 1.82. The van der Waals surface area contributed by atoms with Gasteiger partial charge in [0.2, 0.25) is 5.91 Å². The highest BCUT2D eigenvalue weighted by atomic mass is 16.5. The third kappa shape index (κ3) is 1.88. The Morgan fingerprint density at radius 3 is 2.94 bits per heavy atom. The number of nitrogens with two attached hydrogens (primary N) is 1. The van der Waals surface area contributed by atoms with Gasteiger partial charge in [-0.1, -0.05) is 6.07 Å². The monoisotopic (exact) mass is 220 g/mol. The van der Waals surface area contributed by atoms with Crippen LogP contribution in [0.2, 0.25) is 0 Å². The van der Waals surface area contributed by atoms with Crippen LogP contribution in [-0.2, 0) is 11.2 Å². The van der Waals surface area contributed by atoms with Crippen molar-refractivity contribution in [3.8, 4) is 5.75 Å². The minimum atomic E-state index is -0.583. The highest BCUT2D eigenvalue weighted by Gasteiger charge is 2.20. The van der Waals surface area contributed by atoms with E-state index >= 15 is 0 Å². The molecular weight excluding hydrogens is 204 g/mol. The van der Waals surface area contributed by atoms with Gasteiger partial charge in [-0.2, -0.15) is 0 Å². The molecule has 16 heavy (non-hydrogen) atoms. The fraction of sp³-hybridized carbons (Fsp3) is 0.417. The summed E-state index contributed by atoms with van der Waals surface area (Å²) in [5.74, 6) is 0.826. The van der Waals surface area contributed by atoms with Crippen LogP contribution in [0.4, 0.5) is 0 Å². The minimum absolute atomic E-state index is 0.0844. The van der Waals surface area contributed by atoms with Crippen molar-refractivity contribution in [3.63, 3.8) is 0 Å². The molecule has 1 atom stereocenters. The van der Waals surface area contributed by atoms with Crippen molar-refractivity contribution < 1.29 is 9.53 Å². The molecule has 1 aliphatic heterocycles. The molecule has 1 unspecified atom stereocenters. The number of carbonyl (C=O) groups is 1. The summed E-state index contributed by atoms with van der Waals surface area (Å²) in [6.45, 7) is 0.718. The number of ether oxygens (including phenoxy) is 1. The molecule has 1 heterocycles. The molecule has 1 aliphatic rings. The second-order valence-corrected chi connectivity index (χ2v) is 4.18. The Bertz CT molecular complexity index is 415. The molecule has 0 saturated heterocycles. The lowest BCUT2D eigenvalue weighted by molar-refractivity contribution is -0.130. The average molecular weight is 220 g/mol. The first-order valence-corrected chi connectivity index (χ1v) is 5.32. The number of hydrogen-bond donors (Lipinski definition) is 1. The molecule has 0 aliphatic carbocycles. The maximum Gasteiger partial charge on any atom is 0.243 e. The van der Waals surface area contributed by atoms with Gasteiger partial charge in [-0.15, -0.1) is 0 Å². The third-order valence-corrected chi connectivity index (χ3v) is 2.78. The fourth-order valence-corrected chi connectivity index (χ4v) is 1.82. The Labute approximate surface area is 95.0 Å². The van der Waals surface area contributed by atoms with Gasteiger partial charge in [-0.25, -0.2) is 0 Å². The van der Waals surface area contributed by atoms with Crippen LogP contribution in [0, 0.1) is 0 Å². The molecule has 0 aromatic heterocycles. The first kappa shape index (κ1) is 11.0. The van der Waals surface area contributed by atoms with Gasteiger partial charge in [0, 0.05) is 20.5 Å². The molecule has 86 valence electrons. The van der Waals surface area contributed by atoms with Crippen LogP contribution in [0.5, 0.6) is 5.75 Å². The van der Waals surface area contributed by atoms with E-state index in [0.717, 1.165) is 29.9 Å². The van der Waals surface area contributed by atoms with E-state index < -0.39 is 6.04 Å². The van der Waals surface area contributed by atoms with Gasteiger partial charge in [0.25, 0.3) is 0 Å². The number of fused-ring (bicyclic) bond motifs is 1. The van der Waals surface area contributed by atoms with Crippen molar-refractivity contribution in [1.82, 2.24) is 4.90 Å². The summed E-state index contributed by atoms with van der Waals surface area (Å²) < 4.78 is 5.40. The number of nitrogens with zero attached hydrogens (tertiary/aromatic N) is 1. The van der Waals surface area contributed by atoms with Gasteiger partial charge in [0.15, 0.2) is 0 Å². The largest absolute Gasteiger partial charge is 0.493 e. The maximum absolute atomic E-state index is 11.7. The van der Waals surface area contributed by atoms with Gasteiger partial charge in [0.05, 0.1) is 6.61 Å². The van der Waals surface area contributed by atoms with Gasteiger partial charge in [-0.3, -0.25) is 4.79 Å². The Balaban J connectivity index is 2.24. The van der Waals surface area contributed by atoms with Crippen LogP contribution < -0.4 is 10.5 Å². The van der Waals surface area contributed by atoms with E-state index in [1.807, 2.05) is 18.2 Å². The van der Waals surface area contributed by atoms with Crippen molar-refractivity contribution in [2.45, 2.75) is 12.5 Å². The maximum atomic E-state index is 11.7. The molecule has 4 nitrogen and oxygen atoms in total. The quantitative estimate of drug-likeness (QED) is 0.798. The average Bonchev–Trinajstić information content (AvgIpc) is 2.73. The predicted octanol–water partition coefficient (Wildman–Crippen LogP) is 0.709. The number of carbonyl (C=O) groups excluding carboxylic acids is 1. The standard InChI is InChI=1S/C12H16N2O2/c1-14(2)12(15)11(13)9-3-4-10-8(7-9)5-6-16-10/h3-4,7,11H,5-6,13H2,1-2H3. The Kier molecular flexibility index (Phi) is 2.83. The molecule has 0 spiro atoms. The molecular formula is C12H16N2O2. The van der Waals surface area contributed by atoms with Gasteiger partial charge >= 0.3 is 0 Å². The van der Waals surface area contributed by atoms with Crippen LogP contribution in [0.3, 0.4) is 0 Å². The molecule has 0 radical (unpaired) electrons. The molecule has 1 amide bonds. The van der Waals surface area contributed by atoms with E-state index in [-0.39, 0.29) is 5.91 Å². The van der Waals surface area contributed by atoms with Crippen LogP contribution in [-0.4, -0.2) is 31.5 Å². The summed E-state index contributed by atoms with van der Waals surface area (Å²) in [7, 11) is 3.41. The normalized spacial score (nSPS) is 15.2. The lowest BCUT2D eigenvalue weighted by Crippen LogP contribution is -2.33. The Morgan fingerprint density at radius 2 is 2.25 bits per heavy atom. The summed E-state index contributed by atoms with van der Waals surface area (Å²) in [5, 5.41) is 0. The number of benzene rings is 1. The number of hydrogen-bond acceptors (Lipinski definition) is 3. The summed E-state index contributed by atoms with van der Waals surface area (Å²) in [5.41, 5.74) is 7.89. The van der Waals surface area contributed by atoms with Crippen molar-refractivity contribution in [3.05, 3.63) is 29.3 Å². The van der Waals surface area contributed by atoms with Crippen LogP contribution in [0.25, 0.3) is 0 Å². The first-order chi connectivity index (χ1) is 7.59. The van der Waals surface area contributed by atoms with Crippen molar-refractivity contribution in [2.24, 2.45) is 5.73 Å². The molecule has 2 N–H and O–H groups in total. The van der Waals surface area contributed by atoms with Gasteiger partial charge in [-0.05, 0) is 23.3 Å². The molecule has 0 bridgehead atoms. The topological polar surface area (TPSA) is 55.6 Å². The lowest BCUT2D eigenvalue weighted by atomic mass is 10.0. The van der Waals surface area contributed by atoms with E-state index in [4.69, 9.17) is 10.5 Å². The zero-order valence-corrected chi connectivity index (χ0v) is 9.56. The molecule has 2 rings (SSSR count). The summed E-state index contributed by atoms with van der Waals surface area (Å²) in [4.78, 5) is 13.2. The second kappa shape index (κ2) is 4.14. The molecule has 1 aromatic carbocycles. The molecule has 1 aromatic rings. The van der Waals surface area contributed by atoms with Crippen molar-refractivity contribution >= 4 is 5.91 Å². The Hall–Kier alpha value is -1.55. The number of amides is 1. The van der Waals surface area contributed by atoms with E-state index in [0.29, 0.717) is 0 Å². The van der Waals surface area contributed by atoms with Crippen LogP contribution in [0.15, 0.2) is 18.2 Å². The number of rotatable bonds is 2. The lowest BCUT2D eigenvalue weighted by Gasteiger charge is -2.17. The minimum Gasteiger partial charge on any atom is -0.493 e. The van der Waals surface area contributed by atoms with E-state index in [1.54, 1.807) is 14.1 Å².